The zero-order valence-electron chi connectivity index (χ0n) is 75.5. The number of morpholine rings is 1. The van der Waals surface area contributed by atoms with Crippen LogP contribution in [0.2, 0.25) is 0 Å². The molecule has 0 saturated carbocycles. The summed E-state index contributed by atoms with van der Waals surface area (Å²) < 4.78 is 97.9. The van der Waals surface area contributed by atoms with Gasteiger partial charge in [0.1, 0.15) is 30.6 Å². The number of carbonyl (C=O) groups excluding carboxylic acids is 5. The first-order valence-corrected chi connectivity index (χ1v) is 47.8. The molecule has 3 aromatic carbocycles. The Balaban J connectivity index is -0.000000191. The van der Waals surface area contributed by atoms with Crippen molar-refractivity contribution in [1.82, 2.24) is 4.90 Å². The van der Waals surface area contributed by atoms with E-state index in [-0.39, 0.29) is 66.3 Å². The molecule has 33 heteroatoms. The van der Waals surface area contributed by atoms with Gasteiger partial charge in [0.15, 0.2) is 6.07 Å². The van der Waals surface area contributed by atoms with E-state index in [1.54, 1.807) is 57.2 Å². The summed E-state index contributed by atoms with van der Waals surface area (Å²) in [5.74, 6) is 7.32. The molecule has 1 aliphatic heterocycles. The molecule has 109 heavy (non-hydrogen) atoms. The third kappa shape index (κ3) is 91.2. The van der Waals surface area contributed by atoms with E-state index in [1.165, 1.54) is 30.6 Å². The number of hydrogen-bond acceptors (Lipinski definition) is 28. The number of halogens is 5. The van der Waals surface area contributed by atoms with Crippen molar-refractivity contribution >= 4 is 252 Å². The van der Waals surface area contributed by atoms with E-state index in [9.17, 15) is 24.0 Å². The van der Waals surface area contributed by atoms with E-state index >= 15 is 0 Å². The van der Waals surface area contributed by atoms with E-state index in [0.29, 0.717) is 61.4 Å². The summed E-state index contributed by atoms with van der Waals surface area (Å²) in [6, 6.07) is 21.3. The number of thiol groups is 10. The monoisotopic (exact) mass is 2060 g/mol. The molecule has 3 N–H and O–H groups in total. The molecule has 1 fully saturated rings. The number of benzene rings is 3. The first kappa shape index (κ1) is 106. The number of nitrogens with zero attached hydrogens (tertiary/aromatic N) is 1. The fourth-order valence-corrected chi connectivity index (χ4v) is 9.41. The quantitative estimate of drug-likeness (QED) is 0.00386. The number of ether oxygens (including phenoxy) is 7. The average Bonchev–Trinajstić information content (AvgIpc) is 0.858. The Morgan fingerprint density at radius 3 is 1.30 bits per heavy atom. The molecule has 4 rings (SSSR count). The summed E-state index contributed by atoms with van der Waals surface area (Å²) in [6.07, 6.45) is 5.56. The molecule has 0 spiro atoms. The molecule has 0 amide bonds. The number of aromatic hydroxyl groups is 1. The predicted molar refractivity (Wildman–Crippen MR) is 518 cm³/mol. The van der Waals surface area contributed by atoms with Crippen LogP contribution in [0.4, 0.5) is 0 Å². The Morgan fingerprint density at radius 2 is 0.917 bits per heavy atom. The Labute approximate surface area is 771 Å². The largest absolute Gasteiger partial charge is 0.508 e. The zero-order valence-corrected chi connectivity index (χ0v) is 83.7. The van der Waals surface area contributed by atoms with Gasteiger partial charge in [-0.15, -0.1) is 0 Å². The van der Waals surface area contributed by atoms with Crippen LogP contribution in [0.5, 0.6) is 17.2 Å². The Bertz CT molecular complexity index is 2800. The fraction of sp³-hybridized carbons (Fsp3) is 0.697. The summed E-state index contributed by atoms with van der Waals surface area (Å²) in [6.45, 7) is 33.6. The van der Waals surface area contributed by atoms with Crippen LogP contribution in [0.3, 0.4) is 0 Å². The summed E-state index contributed by atoms with van der Waals surface area (Å²) in [4.78, 5) is 59.0. The van der Waals surface area contributed by atoms with Crippen molar-refractivity contribution in [3.8, 4) is 17.2 Å². The van der Waals surface area contributed by atoms with Crippen LogP contribution in [-0.2, 0) is 67.3 Å². The van der Waals surface area contributed by atoms with Gasteiger partial charge >= 0.3 is 29.8 Å². The summed E-state index contributed by atoms with van der Waals surface area (Å²) >= 11 is 39.6. The normalized spacial score (nSPS) is 13.4. The number of phenols is 1. The molecule has 642 valence electrons. The van der Waals surface area contributed by atoms with Crippen molar-refractivity contribution in [3.05, 3.63) is 89.5 Å². The van der Waals surface area contributed by atoms with Gasteiger partial charge in [-0.1, -0.05) is 152 Å². The van der Waals surface area contributed by atoms with Crippen molar-refractivity contribution in [2.75, 3.05) is 143 Å². The first-order chi connectivity index (χ1) is 55.3. The van der Waals surface area contributed by atoms with Crippen molar-refractivity contribution in [2.45, 2.75) is 162 Å². The van der Waals surface area contributed by atoms with Crippen molar-refractivity contribution in [2.24, 2.45) is 27.1 Å². The number of para-hydroxylation sites is 3. The highest BCUT2D eigenvalue weighted by atomic mass is 79.9. The standard InChI is InChI=1S/C13H18O3S.C13H18O2S.C9H19NOS3.C8H16O2S.C7H14O2S.C7H8O2.C6H11ClO2.C4H10S2.C3H8OS.C3H8S2.C2H4Br2.CH2Br2/c1-13(2,3)12(14)16-11-7-5-4-6-10(11)8-15-9-17;1-13(2,3)12(14)15-11-7-5-4-6-10(11)8-9-16;12-7-1-8-13-14-9-4-10-2-5-11-6-3-10;1-8(2,3)7(9)10-5-4-6-11;1-7(2,3)6(8)9-4-5-10;8-5-6-3-1-2-4-7(6)9;1-6(2,3)5(8)9-4-7;5-3-1-2-4-6;2*4-2-1-3-5;3-1-2-4;2-1-3/h4-7,17H,8-9H2,1-3H3;4-7,16H,8-9H2,1-3H3;12H,1-9H2;11H,4-6H2,1-3H3;10H,4-5H2,1-3H3;1-4,8-9H,5H2;4H2,1-3H3;5-6H,1-4H2;2*4-5H,1-3H2;1-2H2;1H2/i;9T;;;;;;3T;;2T;;/hT6. The van der Waals surface area contributed by atoms with Crippen molar-refractivity contribution in [1.29, 1.82) is 6.74 Å². The number of esters is 5. The Kier molecular flexibility index (Phi) is 84.5. The molecular weight excluding hydrogens is 1910 g/mol. The minimum atomic E-state index is -0.533. The number of carbonyl (C=O) groups is 5. The topological polar surface area (TPSA) is 214 Å². The van der Waals surface area contributed by atoms with Crippen LogP contribution in [0.1, 0.15) is 163 Å². The van der Waals surface area contributed by atoms with Crippen molar-refractivity contribution in [3.63, 3.8) is 0 Å². The highest BCUT2D eigenvalue weighted by Crippen LogP contribution is 2.26. The predicted octanol–water partition coefficient (Wildman–Crippen LogP) is 20.9. The molecule has 0 radical (unpaired) electrons. The van der Waals surface area contributed by atoms with Gasteiger partial charge in [-0.2, -0.15) is 126 Å². The molecule has 3 atom stereocenters. The molecule has 16 nitrogen and oxygen atoms in total. The maximum Gasteiger partial charge on any atom is 0.316 e. The lowest BCUT2D eigenvalue weighted by Crippen LogP contribution is -2.37. The van der Waals surface area contributed by atoms with Crippen LogP contribution >= 0.6 is 223 Å². The number of aliphatic hydroxyl groups excluding tert-OH is 2. The highest BCUT2D eigenvalue weighted by molar-refractivity contribution is 9.24. The van der Waals surface area contributed by atoms with Crippen LogP contribution in [-0.4, -0.2) is 200 Å². The lowest BCUT2D eigenvalue weighted by molar-refractivity contribution is -0.153. The second-order valence-corrected chi connectivity index (χ2v) is 37.5. The number of hydrogen-bond donors (Lipinski definition) is 13. The number of aliphatic hydroxyl groups is 2. The molecule has 3 aromatic rings. The van der Waals surface area contributed by atoms with Gasteiger partial charge in [-0.3, -0.25) is 28.9 Å². The maximum absolute atomic E-state index is 11.8. The SMILES string of the molecule is BrCBr.BrCCBr.CC(C)(C)C(=O)OCCl.CC(C)(C)C(=O)Oc1ccccc1COCS.OCc1ccccc1O.[3H]C(S)Cc1ccccc1OC(=O)C(C)(C)C.[3H]SCCC([3H])S.[3H]SCCCC([3H])S.[3H]SCCCO.[3H]SCCCOC(=O)C(C)(C)C.[3H]SCCCSSCCN1CCOCC1.[3H]SCCOC(=O)C(C)(C)C. The number of rotatable bonds is 35. The van der Waals surface area contributed by atoms with Crippen molar-refractivity contribution < 1.29 is 76.6 Å². The third-order valence-corrected chi connectivity index (χ3v) is 18.3. The zero-order chi connectivity index (χ0) is 92.5. The minimum absolute atomic E-state index is 0.0594. The second-order valence-electron chi connectivity index (χ2n) is 26.6. The molecule has 1 aliphatic rings. The molecule has 1 heterocycles. The van der Waals surface area contributed by atoms with E-state index < -0.39 is 32.8 Å². The molecule has 1 saturated heterocycles. The van der Waals surface area contributed by atoms with Gasteiger partial charge in [-0.25, -0.2) is 0 Å². The first-order valence-electron chi connectivity index (χ1n) is 38.9. The fourth-order valence-electron chi connectivity index (χ4n) is 5.48. The van der Waals surface area contributed by atoms with Gasteiger partial charge in [0.2, 0.25) is 0 Å². The minimum Gasteiger partial charge on any atom is -0.508 e. The van der Waals surface area contributed by atoms with Gasteiger partial charge in [0.25, 0.3) is 0 Å². The van der Waals surface area contributed by atoms with Crippen LogP contribution in [0.15, 0.2) is 72.8 Å². The van der Waals surface area contributed by atoms with Crippen LogP contribution in [0.25, 0.3) is 0 Å². The van der Waals surface area contributed by atoms with Gasteiger partial charge in [0, 0.05) is 69.4 Å². The Hall–Kier alpha value is 1.02. The lowest BCUT2D eigenvalue weighted by Gasteiger charge is -2.26. The maximum atomic E-state index is 11.8. The molecule has 0 aliphatic carbocycles. The second kappa shape index (κ2) is 86.9. The molecule has 0 aromatic heterocycles. The van der Waals surface area contributed by atoms with E-state index in [4.69, 9.17) is 66.2 Å². The van der Waals surface area contributed by atoms with Gasteiger partial charge in [-0.05, 0) is 219 Å². The summed E-state index contributed by atoms with van der Waals surface area (Å²) in [7, 11) is 3.90. The molecule has 3 unspecified atom stereocenters. The third-order valence-electron chi connectivity index (χ3n) is 11.4. The van der Waals surface area contributed by atoms with E-state index in [1.807, 2.05) is 141 Å². The van der Waals surface area contributed by atoms with Crippen LogP contribution in [0, 0.1) is 27.1 Å². The smallest absolute Gasteiger partial charge is 0.316 e. The molecular formula is C76H136Br4ClNO15S12. The van der Waals surface area contributed by atoms with Gasteiger partial charge < -0.3 is 48.5 Å². The Morgan fingerprint density at radius 1 is 0.514 bits per heavy atom. The summed E-state index contributed by atoms with van der Waals surface area (Å²) in [5, 5.41) is 27.7. The number of aryl methyl sites for hydroxylation is 1. The summed E-state index contributed by atoms with van der Waals surface area (Å²) in [5.41, 5.74) is -1.12. The average molecular weight is 2060 g/mol. The van der Waals surface area contributed by atoms with E-state index in [2.05, 4.69) is 124 Å². The number of alkyl halides is 5. The highest BCUT2D eigenvalue weighted by Gasteiger charge is 2.27. The van der Waals surface area contributed by atoms with Crippen LogP contribution < -0.4 is 9.47 Å². The van der Waals surface area contributed by atoms with E-state index in [0.717, 1.165) is 176 Å². The molecule has 0 bridgehead atoms. The van der Waals surface area contributed by atoms with Gasteiger partial charge in [0.05, 0.1) is 70.3 Å². The lowest BCUT2D eigenvalue weighted by atomic mass is 9.97.